The standard InChI is InChI=1S/C27H29ClN6O3/c1-33(2)13-14-34(3)25(35)17-37-24-9-6-8-22-26(24)27(31-18-30-22)32-19-10-11-23(21(28)15-19)36-16-20-7-4-5-12-29-20/h4-12,15,18H,13-14,16-17H2,1-3H3,(H,30,31,32). The van der Waals surface area contributed by atoms with Crippen LogP contribution < -0.4 is 14.8 Å². The summed E-state index contributed by atoms with van der Waals surface area (Å²) in [4.78, 5) is 29.3. The van der Waals surface area contributed by atoms with Crippen molar-refractivity contribution in [2.24, 2.45) is 0 Å². The van der Waals surface area contributed by atoms with E-state index in [4.69, 9.17) is 21.1 Å². The number of amides is 1. The Kier molecular flexibility index (Phi) is 8.71. The van der Waals surface area contributed by atoms with E-state index in [2.05, 4.69) is 20.3 Å². The number of carbonyl (C=O) groups is 1. The van der Waals surface area contributed by atoms with Crippen LogP contribution >= 0.6 is 11.6 Å². The van der Waals surface area contributed by atoms with Gasteiger partial charge < -0.3 is 24.6 Å². The Morgan fingerprint density at radius 3 is 2.57 bits per heavy atom. The Hall–Kier alpha value is -3.95. The topological polar surface area (TPSA) is 92.7 Å². The molecule has 0 spiro atoms. The van der Waals surface area contributed by atoms with Gasteiger partial charge in [0.2, 0.25) is 0 Å². The molecular weight excluding hydrogens is 492 g/mol. The van der Waals surface area contributed by atoms with Crippen molar-refractivity contribution in [2.45, 2.75) is 6.61 Å². The molecule has 0 radical (unpaired) electrons. The van der Waals surface area contributed by atoms with Gasteiger partial charge in [0.15, 0.2) is 6.61 Å². The Balaban J connectivity index is 1.48. The summed E-state index contributed by atoms with van der Waals surface area (Å²) < 4.78 is 11.7. The first-order chi connectivity index (χ1) is 17.9. The summed E-state index contributed by atoms with van der Waals surface area (Å²) in [5.41, 5.74) is 2.21. The largest absolute Gasteiger partial charge is 0.486 e. The Bertz CT molecular complexity index is 1350. The molecule has 37 heavy (non-hydrogen) atoms. The fourth-order valence-electron chi connectivity index (χ4n) is 3.49. The summed E-state index contributed by atoms with van der Waals surface area (Å²) in [5.74, 6) is 1.48. The van der Waals surface area contributed by atoms with E-state index in [9.17, 15) is 4.79 Å². The normalized spacial score (nSPS) is 10.9. The number of benzene rings is 2. The van der Waals surface area contributed by atoms with Crippen molar-refractivity contribution < 1.29 is 14.3 Å². The second-order valence-electron chi connectivity index (χ2n) is 8.66. The number of carbonyl (C=O) groups excluding carboxylic acids is 1. The Labute approximate surface area is 221 Å². The maximum absolute atomic E-state index is 12.6. The minimum Gasteiger partial charge on any atom is -0.486 e. The highest BCUT2D eigenvalue weighted by Gasteiger charge is 2.15. The van der Waals surface area contributed by atoms with E-state index in [1.54, 1.807) is 36.3 Å². The molecule has 0 aliphatic rings. The van der Waals surface area contributed by atoms with Gasteiger partial charge >= 0.3 is 0 Å². The highest BCUT2D eigenvalue weighted by molar-refractivity contribution is 6.32. The van der Waals surface area contributed by atoms with Gasteiger partial charge in [0, 0.05) is 32.0 Å². The van der Waals surface area contributed by atoms with Gasteiger partial charge in [-0.25, -0.2) is 9.97 Å². The molecular formula is C27H29ClN6O3. The van der Waals surface area contributed by atoms with E-state index in [-0.39, 0.29) is 12.5 Å². The zero-order chi connectivity index (χ0) is 26.2. The summed E-state index contributed by atoms with van der Waals surface area (Å²) in [6, 6.07) is 16.5. The van der Waals surface area contributed by atoms with Crippen LogP contribution in [-0.4, -0.2) is 71.5 Å². The summed E-state index contributed by atoms with van der Waals surface area (Å²) in [5, 5.41) is 4.40. The Morgan fingerprint density at radius 2 is 1.81 bits per heavy atom. The molecule has 0 atom stereocenters. The van der Waals surface area contributed by atoms with E-state index in [0.717, 1.165) is 12.2 Å². The number of ether oxygens (including phenoxy) is 2. The molecule has 0 bridgehead atoms. The molecule has 192 valence electrons. The van der Waals surface area contributed by atoms with Gasteiger partial charge in [0.05, 0.1) is 21.6 Å². The number of fused-ring (bicyclic) bond motifs is 1. The third-order valence-electron chi connectivity index (χ3n) is 5.58. The number of anilines is 2. The van der Waals surface area contributed by atoms with Gasteiger partial charge in [-0.3, -0.25) is 9.78 Å². The molecule has 2 heterocycles. The third-order valence-corrected chi connectivity index (χ3v) is 5.88. The molecule has 1 amide bonds. The number of hydrogen-bond donors (Lipinski definition) is 1. The van der Waals surface area contributed by atoms with E-state index < -0.39 is 0 Å². The number of aromatic nitrogens is 3. The predicted molar refractivity (Wildman–Crippen MR) is 145 cm³/mol. The van der Waals surface area contributed by atoms with Crippen LogP contribution in [0.1, 0.15) is 5.69 Å². The zero-order valence-corrected chi connectivity index (χ0v) is 21.8. The van der Waals surface area contributed by atoms with Gasteiger partial charge in [-0.2, -0.15) is 0 Å². The highest BCUT2D eigenvalue weighted by Crippen LogP contribution is 2.34. The van der Waals surface area contributed by atoms with Crippen LogP contribution in [-0.2, 0) is 11.4 Å². The first-order valence-corrected chi connectivity index (χ1v) is 12.1. The van der Waals surface area contributed by atoms with E-state index in [0.29, 0.717) is 52.1 Å². The molecule has 0 unspecified atom stereocenters. The van der Waals surface area contributed by atoms with Crippen molar-refractivity contribution in [1.29, 1.82) is 0 Å². The lowest BCUT2D eigenvalue weighted by Crippen LogP contribution is -2.36. The first kappa shape index (κ1) is 26.1. The van der Waals surface area contributed by atoms with Gasteiger partial charge in [0.1, 0.15) is 30.3 Å². The van der Waals surface area contributed by atoms with Crippen LogP contribution in [0.4, 0.5) is 11.5 Å². The maximum Gasteiger partial charge on any atom is 0.260 e. The lowest BCUT2D eigenvalue weighted by Gasteiger charge is -2.20. The van der Waals surface area contributed by atoms with Crippen molar-refractivity contribution in [3.63, 3.8) is 0 Å². The summed E-state index contributed by atoms with van der Waals surface area (Å²) in [6.07, 6.45) is 3.19. The number of nitrogens with zero attached hydrogens (tertiary/aromatic N) is 5. The van der Waals surface area contributed by atoms with E-state index in [1.807, 2.05) is 55.4 Å². The molecule has 2 aromatic heterocycles. The quantitative estimate of drug-likeness (QED) is 0.311. The summed E-state index contributed by atoms with van der Waals surface area (Å²) >= 11 is 6.48. The lowest BCUT2D eigenvalue weighted by molar-refractivity contribution is -0.132. The van der Waals surface area contributed by atoms with Crippen LogP contribution in [0, 0.1) is 0 Å². The number of hydrogen-bond acceptors (Lipinski definition) is 8. The van der Waals surface area contributed by atoms with Crippen LogP contribution in [0.15, 0.2) is 67.1 Å². The summed E-state index contributed by atoms with van der Waals surface area (Å²) in [6.45, 7) is 1.61. The van der Waals surface area contributed by atoms with Gasteiger partial charge in [-0.05, 0) is 56.6 Å². The second-order valence-corrected chi connectivity index (χ2v) is 9.07. The average Bonchev–Trinajstić information content (AvgIpc) is 2.90. The molecule has 0 saturated carbocycles. The van der Waals surface area contributed by atoms with Gasteiger partial charge in [-0.1, -0.05) is 23.7 Å². The molecule has 0 fully saturated rings. The minimum absolute atomic E-state index is 0.0918. The number of rotatable bonds is 11. The monoisotopic (exact) mass is 520 g/mol. The highest BCUT2D eigenvalue weighted by atomic mass is 35.5. The lowest BCUT2D eigenvalue weighted by atomic mass is 10.2. The van der Waals surface area contributed by atoms with Crippen LogP contribution in [0.2, 0.25) is 5.02 Å². The minimum atomic E-state index is -0.113. The second kappa shape index (κ2) is 12.3. The molecule has 2 aromatic carbocycles. The number of halogens is 1. The van der Waals surface area contributed by atoms with Crippen molar-refractivity contribution >= 4 is 39.9 Å². The van der Waals surface area contributed by atoms with Crippen molar-refractivity contribution in [2.75, 3.05) is 46.2 Å². The molecule has 9 nitrogen and oxygen atoms in total. The average molecular weight is 521 g/mol. The smallest absolute Gasteiger partial charge is 0.260 e. The SMILES string of the molecule is CN(C)CCN(C)C(=O)COc1cccc2ncnc(Nc3ccc(OCc4ccccn4)c(Cl)c3)c12. The van der Waals surface area contributed by atoms with Crippen molar-refractivity contribution in [1.82, 2.24) is 24.8 Å². The molecule has 1 N–H and O–H groups in total. The van der Waals surface area contributed by atoms with Crippen molar-refractivity contribution in [3.8, 4) is 11.5 Å². The number of pyridine rings is 1. The predicted octanol–water partition coefficient (Wildman–Crippen LogP) is 4.40. The zero-order valence-electron chi connectivity index (χ0n) is 21.0. The number of likely N-dealkylation sites (N-methyl/N-ethyl adjacent to an activating group) is 2. The molecule has 0 aliphatic heterocycles. The molecule has 10 heteroatoms. The number of nitrogens with one attached hydrogen (secondary N) is 1. The Morgan fingerprint density at radius 1 is 0.946 bits per heavy atom. The molecule has 4 rings (SSSR count). The van der Waals surface area contributed by atoms with E-state index >= 15 is 0 Å². The summed E-state index contributed by atoms with van der Waals surface area (Å²) in [7, 11) is 5.70. The maximum atomic E-state index is 12.6. The van der Waals surface area contributed by atoms with Gasteiger partial charge in [-0.15, -0.1) is 0 Å². The van der Waals surface area contributed by atoms with Crippen LogP contribution in [0.25, 0.3) is 10.9 Å². The molecule has 0 aliphatic carbocycles. The van der Waals surface area contributed by atoms with Crippen LogP contribution in [0.5, 0.6) is 11.5 Å². The fraction of sp³-hybridized carbons (Fsp3) is 0.259. The third kappa shape index (κ3) is 7.05. The van der Waals surface area contributed by atoms with Gasteiger partial charge in [0.25, 0.3) is 5.91 Å². The molecule has 0 saturated heterocycles. The van der Waals surface area contributed by atoms with Crippen LogP contribution in [0.3, 0.4) is 0 Å². The molecule has 4 aromatic rings. The van der Waals surface area contributed by atoms with E-state index in [1.165, 1.54) is 6.33 Å². The fourth-order valence-corrected chi connectivity index (χ4v) is 3.72. The first-order valence-electron chi connectivity index (χ1n) is 11.7. The van der Waals surface area contributed by atoms with Crippen molar-refractivity contribution in [3.05, 3.63) is 77.8 Å².